The van der Waals surface area contributed by atoms with Gasteiger partial charge in [0.15, 0.2) is 0 Å². The molecule has 0 N–H and O–H groups in total. The van der Waals surface area contributed by atoms with Gasteiger partial charge in [0.1, 0.15) is 0 Å². The van der Waals surface area contributed by atoms with Crippen molar-refractivity contribution in [1.82, 2.24) is 0 Å². The summed E-state index contributed by atoms with van der Waals surface area (Å²) in [7, 11) is 0. The van der Waals surface area contributed by atoms with Gasteiger partial charge in [-0.1, -0.05) is 119 Å². The number of hydrogen-bond acceptors (Lipinski definition) is 0. The van der Waals surface area contributed by atoms with E-state index >= 15 is 0 Å². The van der Waals surface area contributed by atoms with Crippen molar-refractivity contribution in [3.63, 3.8) is 0 Å². The second-order valence-corrected chi connectivity index (χ2v) is 5.45. The van der Waals surface area contributed by atoms with Crippen molar-refractivity contribution < 1.29 is 0 Å². The predicted molar refractivity (Wildman–Crippen MR) is 94.0 cm³/mol. The van der Waals surface area contributed by atoms with Crippen LogP contribution in [0.15, 0.2) is 0 Å². The zero-order valence-corrected chi connectivity index (χ0v) is 15.4. The lowest BCUT2D eigenvalue weighted by molar-refractivity contribution is 0.480. The van der Waals surface area contributed by atoms with E-state index in [0.717, 1.165) is 5.92 Å². The molecule has 0 atom stereocenters. The lowest BCUT2D eigenvalue weighted by Gasteiger charge is -2.05. The van der Waals surface area contributed by atoms with Gasteiger partial charge in [0, 0.05) is 0 Å². The number of hydrogen-bond donors (Lipinski definition) is 0. The Bertz CT molecular complexity index is 94.6. The molecule has 0 aliphatic carbocycles. The van der Waals surface area contributed by atoms with Gasteiger partial charge in [0.25, 0.3) is 0 Å². The minimum Gasteiger partial charge on any atom is -0.0683 e. The van der Waals surface area contributed by atoms with Gasteiger partial charge < -0.3 is 0 Å². The quantitative estimate of drug-likeness (QED) is 0.353. The topological polar surface area (TPSA) is 0 Å². The Balaban J connectivity index is -0.000000239. The summed E-state index contributed by atoms with van der Waals surface area (Å²) in [4.78, 5) is 0. The monoisotopic (exact) mass is 272 g/mol. The summed E-state index contributed by atoms with van der Waals surface area (Å²) in [5.74, 6) is 0.963. The van der Waals surface area contributed by atoms with Gasteiger partial charge in [-0.25, -0.2) is 0 Å². The molecule has 0 spiro atoms. The Hall–Kier alpha value is 0. The standard InChI is InChI=1S/C9H20.C8H18.C2H6/c1-3-5-7-9-8-6-4-2;1-4-6-8(3)7-5-2;1-2/h3-9H2,1-2H3;8H,4-7H2,1-3H3;1-2H3. The molecular formula is C19H44. The van der Waals surface area contributed by atoms with E-state index in [0.29, 0.717) is 0 Å². The molecule has 0 bridgehead atoms. The Morgan fingerprint density at radius 1 is 0.526 bits per heavy atom. The van der Waals surface area contributed by atoms with Gasteiger partial charge in [0.05, 0.1) is 0 Å². The zero-order valence-electron chi connectivity index (χ0n) is 15.4. The first-order valence-electron chi connectivity index (χ1n) is 9.22. The van der Waals surface area contributed by atoms with E-state index in [1.807, 2.05) is 13.8 Å². The van der Waals surface area contributed by atoms with Crippen LogP contribution >= 0.6 is 0 Å². The molecule has 0 heteroatoms. The molecule has 0 heterocycles. The minimum absolute atomic E-state index is 0.963. The van der Waals surface area contributed by atoms with E-state index in [4.69, 9.17) is 0 Å². The first-order valence-corrected chi connectivity index (χ1v) is 9.22. The van der Waals surface area contributed by atoms with Crippen LogP contribution in [-0.4, -0.2) is 0 Å². The molecule has 0 unspecified atom stereocenters. The van der Waals surface area contributed by atoms with Gasteiger partial charge in [-0.15, -0.1) is 0 Å². The highest BCUT2D eigenvalue weighted by Crippen LogP contribution is 2.10. The summed E-state index contributed by atoms with van der Waals surface area (Å²) >= 11 is 0. The fourth-order valence-corrected chi connectivity index (χ4v) is 2.16. The van der Waals surface area contributed by atoms with Crippen molar-refractivity contribution in [2.75, 3.05) is 0 Å². The molecule has 0 saturated heterocycles. The Morgan fingerprint density at radius 2 is 0.842 bits per heavy atom. The highest BCUT2D eigenvalue weighted by Gasteiger charge is 1.95. The SMILES string of the molecule is CC.CCCC(C)CCC.CCCCCCCCC. The van der Waals surface area contributed by atoms with E-state index in [2.05, 4.69) is 34.6 Å². The normalized spacial score (nSPS) is 9.47. The molecule has 0 nitrogen and oxygen atoms in total. The summed E-state index contributed by atoms with van der Waals surface area (Å²) in [6.45, 7) is 15.4. The maximum atomic E-state index is 2.34. The molecule has 0 fully saturated rings. The molecule has 0 rings (SSSR count). The average Bonchev–Trinajstić information content (AvgIpc) is 2.42. The van der Waals surface area contributed by atoms with Crippen molar-refractivity contribution >= 4 is 0 Å². The lowest BCUT2D eigenvalue weighted by Crippen LogP contribution is -1.91. The van der Waals surface area contributed by atoms with Crippen molar-refractivity contribution in [2.45, 2.75) is 119 Å². The second-order valence-electron chi connectivity index (χ2n) is 5.45. The molecule has 120 valence electrons. The maximum absolute atomic E-state index is 2.34. The Kier molecular flexibility index (Phi) is 33.6. The summed E-state index contributed by atoms with van der Waals surface area (Å²) in [5, 5.41) is 0. The lowest BCUT2D eigenvalue weighted by atomic mass is 10.0. The van der Waals surface area contributed by atoms with Gasteiger partial charge in [-0.2, -0.15) is 0 Å². The molecule has 0 amide bonds. The third kappa shape index (κ3) is 32.0. The van der Waals surface area contributed by atoms with E-state index < -0.39 is 0 Å². The molecule has 0 aliphatic rings. The van der Waals surface area contributed by atoms with Crippen LogP contribution < -0.4 is 0 Å². The fraction of sp³-hybridized carbons (Fsp3) is 1.00. The number of unbranched alkanes of at least 4 members (excludes halogenated alkanes) is 6. The molecule has 0 aliphatic heterocycles. The molecule has 19 heavy (non-hydrogen) atoms. The molecule has 0 saturated carbocycles. The third-order valence-corrected chi connectivity index (χ3v) is 3.27. The van der Waals surface area contributed by atoms with E-state index in [9.17, 15) is 0 Å². The van der Waals surface area contributed by atoms with Crippen LogP contribution in [0.1, 0.15) is 119 Å². The summed E-state index contributed by atoms with van der Waals surface area (Å²) in [6.07, 6.45) is 15.5. The average molecular weight is 273 g/mol. The van der Waals surface area contributed by atoms with Crippen LogP contribution in [0.5, 0.6) is 0 Å². The van der Waals surface area contributed by atoms with Crippen LogP contribution in [0.3, 0.4) is 0 Å². The first-order chi connectivity index (χ1) is 9.22. The molecule has 0 aromatic heterocycles. The summed E-state index contributed by atoms with van der Waals surface area (Å²) < 4.78 is 0. The highest BCUT2D eigenvalue weighted by atomic mass is 14.0. The van der Waals surface area contributed by atoms with Crippen LogP contribution in [0.25, 0.3) is 0 Å². The molecule has 0 radical (unpaired) electrons. The van der Waals surface area contributed by atoms with Crippen LogP contribution in [-0.2, 0) is 0 Å². The van der Waals surface area contributed by atoms with Crippen LogP contribution in [0.4, 0.5) is 0 Å². The first kappa shape index (κ1) is 24.0. The molecule has 0 aromatic rings. The van der Waals surface area contributed by atoms with Gasteiger partial charge in [-0.05, 0) is 5.92 Å². The van der Waals surface area contributed by atoms with Crippen molar-refractivity contribution in [2.24, 2.45) is 5.92 Å². The number of rotatable bonds is 10. The molecular weight excluding hydrogens is 228 g/mol. The van der Waals surface area contributed by atoms with E-state index in [-0.39, 0.29) is 0 Å². The smallest absolute Gasteiger partial charge is 0.0443 e. The second kappa shape index (κ2) is 26.5. The van der Waals surface area contributed by atoms with Crippen LogP contribution in [0.2, 0.25) is 0 Å². The van der Waals surface area contributed by atoms with Gasteiger partial charge in [-0.3, -0.25) is 0 Å². The molecule has 0 aromatic carbocycles. The maximum Gasteiger partial charge on any atom is -0.0443 e. The largest absolute Gasteiger partial charge is 0.0683 e. The Morgan fingerprint density at radius 3 is 1.11 bits per heavy atom. The van der Waals surface area contributed by atoms with Crippen molar-refractivity contribution in [3.8, 4) is 0 Å². The highest BCUT2D eigenvalue weighted by molar-refractivity contribution is 4.48. The Labute approximate surface area is 125 Å². The zero-order chi connectivity index (χ0) is 15.4. The third-order valence-electron chi connectivity index (χ3n) is 3.27. The van der Waals surface area contributed by atoms with Gasteiger partial charge >= 0.3 is 0 Å². The fourth-order valence-electron chi connectivity index (χ4n) is 2.16. The van der Waals surface area contributed by atoms with Crippen molar-refractivity contribution in [3.05, 3.63) is 0 Å². The van der Waals surface area contributed by atoms with E-state index in [1.165, 1.54) is 70.6 Å². The van der Waals surface area contributed by atoms with Gasteiger partial charge in [0.2, 0.25) is 0 Å². The van der Waals surface area contributed by atoms with Crippen LogP contribution in [0, 0.1) is 5.92 Å². The predicted octanol–water partition coefficient (Wildman–Crippen LogP) is 8.01. The minimum atomic E-state index is 0.963. The summed E-state index contributed by atoms with van der Waals surface area (Å²) in [6, 6.07) is 0. The van der Waals surface area contributed by atoms with Crippen molar-refractivity contribution in [1.29, 1.82) is 0 Å². The summed E-state index contributed by atoms with van der Waals surface area (Å²) in [5.41, 5.74) is 0. The van der Waals surface area contributed by atoms with E-state index in [1.54, 1.807) is 0 Å².